The van der Waals surface area contributed by atoms with Crippen LogP contribution in [0.1, 0.15) is 38.4 Å². The average molecular weight is 277 g/mol. The summed E-state index contributed by atoms with van der Waals surface area (Å²) in [5, 5.41) is 6.59. The largest absolute Gasteiger partial charge is 0.375 e. The standard InChI is InChI=1S/C16H27N3O/c1-4-6-12-18-16(17-5-2)19-13-15(20-3)14-10-8-7-9-11-14/h7-11,15H,4-6,12-13H2,1-3H3,(H2,17,18,19). The van der Waals surface area contributed by atoms with Crippen molar-refractivity contribution in [2.24, 2.45) is 4.99 Å². The number of benzene rings is 1. The van der Waals surface area contributed by atoms with Gasteiger partial charge in [-0.25, -0.2) is 0 Å². The third-order valence-corrected chi connectivity index (χ3v) is 3.04. The molecule has 20 heavy (non-hydrogen) atoms. The zero-order chi connectivity index (χ0) is 14.6. The molecule has 0 aliphatic rings. The van der Waals surface area contributed by atoms with Gasteiger partial charge < -0.3 is 15.4 Å². The van der Waals surface area contributed by atoms with Gasteiger partial charge in [0.15, 0.2) is 5.96 Å². The highest BCUT2D eigenvalue weighted by Gasteiger charge is 2.09. The second-order valence-electron chi connectivity index (χ2n) is 4.63. The fourth-order valence-corrected chi connectivity index (χ4v) is 1.88. The lowest BCUT2D eigenvalue weighted by Crippen LogP contribution is -2.38. The van der Waals surface area contributed by atoms with E-state index in [9.17, 15) is 0 Å². The highest BCUT2D eigenvalue weighted by molar-refractivity contribution is 5.79. The molecule has 0 radical (unpaired) electrons. The van der Waals surface area contributed by atoms with Gasteiger partial charge in [0, 0.05) is 20.2 Å². The topological polar surface area (TPSA) is 45.7 Å². The summed E-state index contributed by atoms with van der Waals surface area (Å²) in [6.45, 7) is 6.68. The van der Waals surface area contributed by atoms with Crippen molar-refractivity contribution < 1.29 is 4.74 Å². The predicted octanol–water partition coefficient (Wildman–Crippen LogP) is 2.73. The van der Waals surface area contributed by atoms with E-state index in [-0.39, 0.29) is 6.10 Å². The molecule has 4 heteroatoms. The van der Waals surface area contributed by atoms with Crippen LogP contribution in [0.15, 0.2) is 35.3 Å². The minimum Gasteiger partial charge on any atom is -0.375 e. The Kier molecular flexibility index (Phi) is 8.47. The number of methoxy groups -OCH3 is 1. The van der Waals surface area contributed by atoms with Gasteiger partial charge in [-0.3, -0.25) is 4.99 Å². The quantitative estimate of drug-likeness (QED) is 0.436. The monoisotopic (exact) mass is 277 g/mol. The molecule has 1 unspecified atom stereocenters. The molecule has 0 aliphatic carbocycles. The molecule has 0 saturated carbocycles. The Morgan fingerprint density at radius 1 is 1.20 bits per heavy atom. The number of rotatable bonds is 8. The van der Waals surface area contributed by atoms with Crippen molar-refractivity contribution in [2.75, 3.05) is 26.7 Å². The fourth-order valence-electron chi connectivity index (χ4n) is 1.88. The van der Waals surface area contributed by atoms with E-state index >= 15 is 0 Å². The van der Waals surface area contributed by atoms with Crippen molar-refractivity contribution in [3.8, 4) is 0 Å². The van der Waals surface area contributed by atoms with Gasteiger partial charge in [-0.1, -0.05) is 43.7 Å². The summed E-state index contributed by atoms with van der Waals surface area (Å²) in [6.07, 6.45) is 2.33. The van der Waals surface area contributed by atoms with E-state index in [0.717, 1.165) is 31.0 Å². The highest BCUT2D eigenvalue weighted by atomic mass is 16.5. The van der Waals surface area contributed by atoms with E-state index in [0.29, 0.717) is 6.54 Å². The average Bonchev–Trinajstić information content (AvgIpc) is 2.49. The Morgan fingerprint density at radius 2 is 1.95 bits per heavy atom. The summed E-state index contributed by atoms with van der Waals surface area (Å²) >= 11 is 0. The second-order valence-corrected chi connectivity index (χ2v) is 4.63. The van der Waals surface area contributed by atoms with Crippen molar-refractivity contribution in [1.82, 2.24) is 10.6 Å². The van der Waals surface area contributed by atoms with Gasteiger partial charge in [-0.05, 0) is 18.9 Å². The van der Waals surface area contributed by atoms with Crippen molar-refractivity contribution in [3.63, 3.8) is 0 Å². The molecular formula is C16H27N3O. The summed E-state index contributed by atoms with van der Waals surface area (Å²) in [7, 11) is 1.73. The van der Waals surface area contributed by atoms with Gasteiger partial charge in [0.05, 0.1) is 6.54 Å². The van der Waals surface area contributed by atoms with E-state index in [1.165, 1.54) is 6.42 Å². The van der Waals surface area contributed by atoms with Crippen LogP contribution in [0.3, 0.4) is 0 Å². The smallest absolute Gasteiger partial charge is 0.191 e. The minimum atomic E-state index is -0.00201. The lowest BCUT2D eigenvalue weighted by Gasteiger charge is -2.15. The fraction of sp³-hybridized carbons (Fsp3) is 0.562. The molecule has 0 aliphatic heterocycles. The van der Waals surface area contributed by atoms with Crippen molar-refractivity contribution in [1.29, 1.82) is 0 Å². The third kappa shape index (κ3) is 6.06. The molecule has 0 aromatic heterocycles. The lowest BCUT2D eigenvalue weighted by molar-refractivity contribution is 0.111. The predicted molar refractivity (Wildman–Crippen MR) is 85.1 cm³/mol. The van der Waals surface area contributed by atoms with Gasteiger partial charge in [0.25, 0.3) is 0 Å². The summed E-state index contributed by atoms with van der Waals surface area (Å²) in [5.41, 5.74) is 1.16. The second kappa shape index (κ2) is 10.3. The Balaban J connectivity index is 2.59. The number of nitrogens with zero attached hydrogens (tertiary/aromatic N) is 1. The Bertz CT molecular complexity index is 379. The van der Waals surface area contributed by atoms with Gasteiger partial charge in [-0.2, -0.15) is 0 Å². The molecule has 0 spiro atoms. The van der Waals surface area contributed by atoms with Crippen molar-refractivity contribution in [3.05, 3.63) is 35.9 Å². The van der Waals surface area contributed by atoms with Gasteiger partial charge in [-0.15, -0.1) is 0 Å². The first-order chi connectivity index (χ1) is 9.81. The molecule has 0 saturated heterocycles. The zero-order valence-electron chi connectivity index (χ0n) is 12.9. The van der Waals surface area contributed by atoms with Crippen LogP contribution in [0.5, 0.6) is 0 Å². The molecule has 112 valence electrons. The van der Waals surface area contributed by atoms with Crippen LogP contribution in [-0.4, -0.2) is 32.7 Å². The van der Waals surface area contributed by atoms with Crippen LogP contribution in [0.25, 0.3) is 0 Å². The molecule has 0 fully saturated rings. The number of guanidine groups is 1. The van der Waals surface area contributed by atoms with Gasteiger partial charge in [0.1, 0.15) is 6.10 Å². The van der Waals surface area contributed by atoms with Crippen LogP contribution >= 0.6 is 0 Å². The molecule has 1 aromatic rings. The summed E-state index contributed by atoms with van der Waals surface area (Å²) in [4.78, 5) is 4.60. The van der Waals surface area contributed by atoms with Gasteiger partial charge in [0.2, 0.25) is 0 Å². The van der Waals surface area contributed by atoms with E-state index in [1.807, 2.05) is 18.2 Å². The first-order valence-corrected chi connectivity index (χ1v) is 7.41. The maximum absolute atomic E-state index is 5.53. The van der Waals surface area contributed by atoms with Crippen LogP contribution in [0.4, 0.5) is 0 Å². The minimum absolute atomic E-state index is 0.00201. The van der Waals surface area contributed by atoms with E-state index in [4.69, 9.17) is 4.74 Å². The first-order valence-electron chi connectivity index (χ1n) is 7.41. The molecule has 4 nitrogen and oxygen atoms in total. The van der Waals surface area contributed by atoms with Crippen LogP contribution in [0, 0.1) is 0 Å². The maximum atomic E-state index is 5.53. The van der Waals surface area contributed by atoms with Crippen LogP contribution in [-0.2, 0) is 4.74 Å². The third-order valence-electron chi connectivity index (χ3n) is 3.04. The highest BCUT2D eigenvalue weighted by Crippen LogP contribution is 2.16. The summed E-state index contributed by atoms with van der Waals surface area (Å²) in [5.74, 6) is 0.860. The van der Waals surface area contributed by atoms with E-state index in [1.54, 1.807) is 7.11 Å². The number of hydrogen-bond acceptors (Lipinski definition) is 2. The Morgan fingerprint density at radius 3 is 2.55 bits per heavy atom. The molecule has 0 amide bonds. The van der Waals surface area contributed by atoms with Crippen molar-refractivity contribution >= 4 is 5.96 Å². The molecule has 1 atom stereocenters. The summed E-state index contributed by atoms with van der Waals surface area (Å²) < 4.78 is 5.53. The molecule has 0 bridgehead atoms. The SMILES string of the molecule is CCCCNC(=NCC(OC)c1ccccc1)NCC. The Hall–Kier alpha value is -1.55. The number of nitrogens with one attached hydrogen (secondary N) is 2. The number of aliphatic imine (C=N–C) groups is 1. The summed E-state index contributed by atoms with van der Waals surface area (Å²) in [6, 6.07) is 10.2. The number of unbranched alkanes of at least 4 members (excludes halogenated alkanes) is 1. The Labute approximate surface area is 122 Å². The molecule has 1 rings (SSSR count). The first kappa shape index (κ1) is 16.5. The van der Waals surface area contributed by atoms with Crippen LogP contribution < -0.4 is 10.6 Å². The molecule has 2 N–H and O–H groups in total. The number of hydrogen-bond donors (Lipinski definition) is 2. The van der Waals surface area contributed by atoms with E-state index in [2.05, 4.69) is 41.6 Å². The molecule has 1 aromatic carbocycles. The number of ether oxygens (including phenoxy) is 1. The van der Waals surface area contributed by atoms with Gasteiger partial charge >= 0.3 is 0 Å². The van der Waals surface area contributed by atoms with Crippen LogP contribution in [0.2, 0.25) is 0 Å². The normalized spacial score (nSPS) is 13.1. The van der Waals surface area contributed by atoms with E-state index < -0.39 is 0 Å². The molecule has 0 heterocycles. The molecular weight excluding hydrogens is 250 g/mol. The van der Waals surface area contributed by atoms with Crippen molar-refractivity contribution in [2.45, 2.75) is 32.8 Å². The zero-order valence-corrected chi connectivity index (χ0v) is 12.9. The maximum Gasteiger partial charge on any atom is 0.191 e. The lowest BCUT2D eigenvalue weighted by atomic mass is 10.1.